The molecule has 2 nitrogen and oxygen atoms in total. The van der Waals surface area contributed by atoms with Crippen molar-refractivity contribution in [2.45, 2.75) is 6.18 Å². The van der Waals surface area contributed by atoms with Crippen LogP contribution in [0.5, 0.6) is 0 Å². The van der Waals surface area contributed by atoms with E-state index in [0.29, 0.717) is 4.68 Å². The Hall–Kier alpha value is -1.00. The highest BCUT2D eigenvalue weighted by atomic mass is 19.4. The Balaban J connectivity index is 2.96. The van der Waals surface area contributed by atoms with Crippen molar-refractivity contribution in [3.05, 3.63) is 25.0 Å². The molecule has 0 fully saturated rings. The van der Waals surface area contributed by atoms with Crippen LogP contribution in [-0.2, 0) is 6.18 Å². The van der Waals surface area contributed by atoms with Gasteiger partial charge in [-0.3, -0.25) is 4.68 Å². The molecule has 10 heavy (non-hydrogen) atoms. The van der Waals surface area contributed by atoms with Gasteiger partial charge < -0.3 is 0 Å². The minimum absolute atomic E-state index is 0.614. The molecule has 0 aliphatic rings. The van der Waals surface area contributed by atoms with Gasteiger partial charge in [0.2, 0.25) is 0 Å². The lowest BCUT2D eigenvalue weighted by Gasteiger charge is -1.98. The molecule has 1 rings (SSSR count). The van der Waals surface area contributed by atoms with E-state index in [4.69, 9.17) is 7.05 Å². The van der Waals surface area contributed by atoms with Crippen molar-refractivity contribution in [1.29, 1.82) is 0 Å². The number of nitrogens with zero attached hydrogens (tertiary/aromatic N) is 2. The average Bonchev–Trinajstić information content (AvgIpc) is 2.11. The van der Waals surface area contributed by atoms with Crippen molar-refractivity contribution >= 4 is 0 Å². The zero-order valence-electron chi connectivity index (χ0n) is 4.76. The second-order valence-electron chi connectivity index (χ2n) is 1.68. The molecule has 0 amide bonds. The van der Waals surface area contributed by atoms with Crippen LogP contribution in [0.3, 0.4) is 0 Å². The molecule has 5 heteroatoms. The Kier molecular flexibility index (Phi) is 1.42. The van der Waals surface area contributed by atoms with Gasteiger partial charge in [0.15, 0.2) is 5.69 Å². The number of hydrogen-bond acceptors (Lipinski definition) is 1. The van der Waals surface area contributed by atoms with E-state index in [1.807, 2.05) is 0 Å². The van der Waals surface area contributed by atoms with Gasteiger partial charge in [0, 0.05) is 6.20 Å². The fourth-order valence-electron chi connectivity index (χ4n) is 0.489. The molecule has 54 valence electrons. The smallest absolute Gasteiger partial charge is 0.265 e. The maximum atomic E-state index is 11.7. The van der Waals surface area contributed by atoms with E-state index in [2.05, 4.69) is 5.10 Å². The lowest BCUT2D eigenvalue weighted by atomic mass is 10.4. The molecule has 0 unspecified atom stereocenters. The zero-order chi connectivity index (χ0) is 7.78. The standard InChI is InChI=1S/C5H3F3N2/c1-10-3-2-4(9-10)5(6,7)8/h1-3H. The molecule has 0 atom stereocenters. The second-order valence-corrected chi connectivity index (χ2v) is 1.68. The highest BCUT2D eigenvalue weighted by Gasteiger charge is 2.33. The summed E-state index contributed by atoms with van der Waals surface area (Å²) in [7, 11) is 4.88. The summed E-state index contributed by atoms with van der Waals surface area (Å²) in [5.74, 6) is 0. The van der Waals surface area contributed by atoms with Crippen molar-refractivity contribution in [2.75, 3.05) is 0 Å². The SMILES string of the molecule is [CH]n1ccc(C(F)(F)F)n1. The van der Waals surface area contributed by atoms with Crippen LogP contribution in [0.15, 0.2) is 12.3 Å². The molecule has 1 aromatic rings. The molecular weight excluding hydrogens is 145 g/mol. The van der Waals surface area contributed by atoms with E-state index in [1.54, 1.807) is 0 Å². The third-order valence-electron chi connectivity index (χ3n) is 0.899. The first-order valence-electron chi connectivity index (χ1n) is 2.38. The minimum atomic E-state index is -4.40. The number of alkyl halides is 3. The predicted octanol–water partition coefficient (Wildman–Crippen LogP) is 1.42. The molecule has 0 aromatic carbocycles. The van der Waals surface area contributed by atoms with E-state index < -0.39 is 11.9 Å². The van der Waals surface area contributed by atoms with Gasteiger partial charge in [0.05, 0.1) is 0 Å². The van der Waals surface area contributed by atoms with Crippen molar-refractivity contribution in [3.63, 3.8) is 0 Å². The maximum Gasteiger partial charge on any atom is 0.435 e. The van der Waals surface area contributed by atoms with Crippen molar-refractivity contribution in [2.24, 2.45) is 0 Å². The quantitative estimate of drug-likeness (QED) is 0.544. The van der Waals surface area contributed by atoms with Gasteiger partial charge in [0.25, 0.3) is 0 Å². The van der Waals surface area contributed by atoms with Crippen molar-refractivity contribution < 1.29 is 13.2 Å². The van der Waals surface area contributed by atoms with Gasteiger partial charge in [-0.25, -0.2) is 0 Å². The molecule has 0 aliphatic carbocycles. The Morgan fingerprint density at radius 1 is 1.50 bits per heavy atom. The maximum absolute atomic E-state index is 11.7. The van der Waals surface area contributed by atoms with Crippen molar-refractivity contribution in [3.8, 4) is 0 Å². The van der Waals surface area contributed by atoms with Gasteiger partial charge in [0.1, 0.15) is 7.05 Å². The normalized spacial score (nSPS) is 12.0. The molecule has 2 radical (unpaired) electrons. The molecular formula is C5H3F3N2. The van der Waals surface area contributed by atoms with E-state index in [-0.39, 0.29) is 0 Å². The predicted molar refractivity (Wildman–Crippen MR) is 26.9 cm³/mol. The number of hydrogen-bond donors (Lipinski definition) is 0. The van der Waals surface area contributed by atoms with Gasteiger partial charge in [-0.15, -0.1) is 0 Å². The van der Waals surface area contributed by atoms with Crippen LogP contribution in [0.1, 0.15) is 5.69 Å². The molecule has 0 bridgehead atoms. The first-order chi connectivity index (χ1) is 4.50. The lowest BCUT2D eigenvalue weighted by Crippen LogP contribution is -2.06. The van der Waals surface area contributed by atoms with Crippen LogP contribution >= 0.6 is 0 Å². The first-order valence-corrected chi connectivity index (χ1v) is 2.38. The van der Waals surface area contributed by atoms with Gasteiger partial charge in [-0.05, 0) is 6.07 Å². The molecule has 1 aromatic heterocycles. The third-order valence-corrected chi connectivity index (χ3v) is 0.899. The van der Waals surface area contributed by atoms with E-state index in [9.17, 15) is 13.2 Å². The first kappa shape index (κ1) is 7.11. The van der Waals surface area contributed by atoms with Gasteiger partial charge in [-0.2, -0.15) is 18.3 Å². The van der Waals surface area contributed by atoms with E-state index in [0.717, 1.165) is 12.3 Å². The number of rotatable bonds is 0. The summed E-state index contributed by atoms with van der Waals surface area (Å²) >= 11 is 0. The fraction of sp³-hybridized carbons (Fsp3) is 0.200. The fourth-order valence-corrected chi connectivity index (χ4v) is 0.489. The summed E-state index contributed by atoms with van der Waals surface area (Å²) < 4.78 is 35.6. The summed E-state index contributed by atoms with van der Waals surface area (Å²) in [6.07, 6.45) is -3.37. The van der Waals surface area contributed by atoms with E-state index in [1.165, 1.54) is 0 Å². The Labute approximate surface area is 55.3 Å². The minimum Gasteiger partial charge on any atom is -0.265 e. The summed E-state index contributed by atoms with van der Waals surface area (Å²) in [5.41, 5.74) is -0.977. The largest absolute Gasteiger partial charge is 0.435 e. The summed E-state index contributed by atoms with van der Waals surface area (Å²) in [6.45, 7) is 0. The highest BCUT2D eigenvalue weighted by molar-refractivity contribution is 5.03. The molecule has 1 heterocycles. The summed E-state index contributed by atoms with van der Waals surface area (Å²) in [4.78, 5) is 0. The van der Waals surface area contributed by atoms with Crippen LogP contribution in [0.25, 0.3) is 0 Å². The monoisotopic (exact) mass is 148 g/mol. The Bertz CT molecular complexity index is 225. The number of aromatic nitrogens is 2. The molecule has 0 aliphatic heterocycles. The molecule has 0 spiro atoms. The molecule has 0 saturated carbocycles. The van der Waals surface area contributed by atoms with Gasteiger partial charge in [-0.1, -0.05) is 0 Å². The highest BCUT2D eigenvalue weighted by Crippen LogP contribution is 2.26. The second kappa shape index (κ2) is 2.00. The Morgan fingerprint density at radius 2 is 2.10 bits per heavy atom. The zero-order valence-corrected chi connectivity index (χ0v) is 4.76. The Morgan fingerprint density at radius 3 is 2.30 bits per heavy atom. The number of halogens is 3. The molecule has 0 N–H and O–H groups in total. The topological polar surface area (TPSA) is 17.8 Å². The van der Waals surface area contributed by atoms with Crippen LogP contribution in [-0.4, -0.2) is 9.78 Å². The summed E-state index contributed by atoms with van der Waals surface area (Å²) in [6, 6.07) is 0.806. The van der Waals surface area contributed by atoms with Crippen LogP contribution in [0.2, 0.25) is 0 Å². The summed E-state index contributed by atoms with van der Waals surface area (Å²) in [5, 5.41) is 2.95. The van der Waals surface area contributed by atoms with Crippen LogP contribution in [0, 0.1) is 7.05 Å². The lowest BCUT2D eigenvalue weighted by molar-refractivity contribution is -0.141. The van der Waals surface area contributed by atoms with E-state index >= 15 is 0 Å². The molecule has 0 saturated heterocycles. The van der Waals surface area contributed by atoms with Gasteiger partial charge >= 0.3 is 6.18 Å². The third kappa shape index (κ3) is 1.29. The van der Waals surface area contributed by atoms with Crippen LogP contribution < -0.4 is 0 Å². The average molecular weight is 148 g/mol. The van der Waals surface area contributed by atoms with Crippen molar-refractivity contribution in [1.82, 2.24) is 9.78 Å². The van der Waals surface area contributed by atoms with Crippen LogP contribution in [0.4, 0.5) is 13.2 Å².